The number of carbonyl (C=O) groups is 3. The summed E-state index contributed by atoms with van der Waals surface area (Å²) in [5.74, 6) is -2.54. The number of ketones is 2. The average molecular weight is 367 g/mol. The predicted molar refractivity (Wildman–Crippen MR) is 104 cm³/mol. The summed E-state index contributed by atoms with van der Waals surface area (Å²) in [6.07, 6.45) is 20.1. The van der Waals surface area contributed by atoms with Crippen LogP contribution < -0.4 is 0 Å². The number of rotatable bonds is 16. The van der Waals surface area contributed by atoms with Crippen molar-refractivity contribution in [3.05, 3.63) is 0 Å². The molecule has 0 bridgehead atoms. The number of hydrogen-bond donors (Lipinski definition) is 0. The Morgan fingerprint density at radius 2 is 1.12 bits per heavy atom. The van der Waals surface area contributed by atoms with Gasteiger partial charge in [0, 0.05) is 0 Å². The van der Waals surface area contributed by atoms with Crippen LogP contribution >= 0.6 is 0 Å². The van der Waals surface area contributed by atoms with E-state index in [1.54, 1.807) is 0 Å². The molecule has 0 amide bonds. The van der Waals surface area contributed by atoms with Gasteiger partial charge in [-0.2, -0.15) is 0 Å². The van der Waals surface area contributed by atoms with Gasteiger partial charge in [0.15, 0.2) is 0 Å². The van der Waals surface area contributed by atoms with Crippen molar-refractivity contribution in [3.8, 4) is 0 Å². The van der Waals surface area contributed by atoms with Crippen molar-refractivity contribution >= 4 is 17.5 Å². The van der Waals surface area contributed by atoms with Gasteiger partial charge in [-0.3, -0.25) is 9.59 Å². The van der Waals surface area contributed by atoms with Crippen molar-refractivity contribution in [1.82, 2.24) is 0 Å². The third-order valence-electron chi connectivity index (χ3n) is 5.26. The van der Waals surface area contributed by atoms with Gasteiger partial charge < -0.3 is 4.74 Å². The van der Waals surface area contributed by atoms with Crippen LogP contribution in [0.3, 0.4) is 0 Å². The number of esters is 1. The van der Waals surface area contributed by atoms with E-state index in [-0.39, 0.29) is 12.5 Å². The maximum atomic E-state index is 11.3. The SMILES string of the molecule is CCCCCCCCCCCCCCCCC[C@@H]1CC(=O)C(=O)C(=O)O1. The first kappa shape index (κ1) is 22.9. The largest absolute Gasteiger partial charge is 0.456 e. The van der Waals surface area contributed by atoms with Crippen LogP contribution in [0.1, 0.15) is 116 Å². The molecule has 0 radical (unpaired) electrons. The van der Waals surface area contributed by atoms with Crippen LogP contribution in [0, 0.1) is 0 Å². The van der Waals surface area contributed by atoms with Crippen molar-refractivity contribution in [2.24, 2.45) is 0 Å². The summed E-state index contributed by atoms with van der Waals surface area (Å²) in [7, 11) is 0. The summed E-state index contributed by atoms with van der Waals surface area (Å²) >= 11 is 0. The van der Waals surface area contributed by atoms with Gasteiger partial charge in [0.2, 0.25) is 5.78 Å². The maximum Gasteiger partial charge on any atom is 0.383 e. The van der Waals surface area contributed by atoms with Crippen LogP contribution in [-0.2, 0) is 19.1 Å². The van der Waals surface area contributed by atoms with Crippen molar-refractivity contribution in [2.75, 3.05) is 0 Å². The molecular weight excluding hydrogens is 328 g/mol. The summed E-state index contributed by atoms with van der Waals surface area (Å²) in [5.41, 5.74) is 0. The molecule has 0 unspecified atom stereocenters. The summed E-state index contributed by atoms with van der Waals surface area (Å²) in [5, 5.41) is 0. The molecule has 0 aliphatic carbocycles. The van der Waals surface area contributed by atoms with Crippen LogP contribution in [0.2, 0.25) is 0 Å². The number of hydrogen-bond acceptors (Lipinski definition) is 4. The van der Waals surface area contributed by atoms with Crippen LogP contribution in [0.5, 0.6) is 0 Å². The number of ether oxygens (including phenoxy) is 1. The lowest BCUT2D eigenvalue weighted by Gasteiger charge is -2.20. The molecule has 26 heavy (non-hydrogen) atoms. The van der Waals surface area contributed by atoms with Gasteiger partial charge in [0.1, 0.15) is 6.10 Å². The van der Waals surface area contributed by atoms with Crippen molar-refractivity contribution in [2.45, 2.75) is 122 Å². The molecule has 1 atom stereocenters. The highest BCUT2D eigenvalue weighted by Crippen LogP contribution is 2.17. The summed E-state index contributed by atoms with van der Waals surface area (Å²) in [6, 6.07) is 0. The predicted octanol–water partition coefficient (Wildman–Crippen LogP) is 5.70. The third kappa shape index (κ3) is 10.7. The van der Waals surface area contributed by atoms with E-state index in [2.05, 4.69) is 6.92 Å². The molecule has 4 nitrogen and oxygen atoms in total. The molecule has 1 fully saturated rings. The van der Waals surface area contributed by atoms with Crippen molar-refractivity contribution < 1.29 is 19.1 Å². The Hall–Kier alpha value is -1.19. The van der Waals surface area contributed by atoms with E-state index >= 15 is 0 Å². The lowest BCUT2D eigenvalue weighted by atomic mass is 10.00. The molecule has 0 saturated carbocycles. The quantitative estimate of drug-likeness (QED) is 0.200. The summed E-state index contributed by atoms with van der Waals surface area (Å²) in [6.45, 7) is 2.26. The molecule has 0 spiro atoms. The third-order valence-corrected chi connectivity index (χ3v) is 5.26. The van der Waals surface area contributed by atoms with Crippen LogP contribution in [0.4, 0.5) is 0 Å². The Bertz CT molecular complexity index is 396. The standard InChI is InChI=1S/C22H38O4/c1-2-3-4-5-6-7-8-9-10-11-12-13-14-15-16-17-19-18-20(23)21(24)22(25)26-19/h19H,2-18H2,1H3/t19-/m1/s1. The van der Waals surface area contributed by atoms with Gasteiger partial charge in [0.25, 0.3) is 0 Å². The van der Waals surface area contributed by atoms with E-state index < -0.39 is 17.5 Å². The van der Waals surface area contributed by atoms with E-state index in [0.717, 1.165) is 12.8 Å². The van der Waals surface area contributed by atoms with Gasteiger partial charge >= 0.3 is 11.8 Å². The number of carbonyl (C=O) groups excluding carboxylic acids is 3. The van der Waals surface area contributed by atoms with E-state index in [1.807, 2.05) is 0 Å². The molecule has 1 heterocycles. The first-order chi connectivity index (χ1) is 12.6. The van der Waals surface area contributed by atoms with E-state index in [4.69, 9.17) is 4.74 Å². The molecule has 4 heteroatoms. The zero-order valence-corrected chi connectivity index (χ0v) is 16.7. The molecule has 0 N–H and O–H groups in total. The Kier molecular flexibility index (Phi) is 13.1. The highest BCUT2D eigenvalue weighted by molar-refractivity contribution is 6.62. The summed E-state index contributed by atoms with van der Waals surface area (Å²) < 4.78 is 4.98. The van der Waals surface area contributed by atoms with E-state index in [1.165, 1.54) is 83.5 Å². The fraction of sp³-hybridized carbons (Fsp3) is 0.864. The summed E-state index contributed by atoms with van der Waals surface area (Å²) in [4.78, 5) is 33.6. The second kappa shape index (κ2) is 14.9. The Morgan fingerprint density at radius 1 is 0.692 bits per heavy atom. The zero-order chi connectivity index (χ0) is 19.0. The second-order valence-electron chi connectivity index (χ2n) is 7.72. The average Bonchev–Trinajstić information content (AvgIpc) is 2.62. The Labute approximate surface area is 159 Å². The molecule has 1 aliphatic rings. The molecule has 150 valence electrons. The number of Topliss-reactive ketones (excluding diaryl/α,β-unsaturated/α-hetero) is 2. The number of unbranched alkanes of at least 4 members (excludes halogenated alkanes) is 14. The first-order valence-electron chi connectivity index (χ1n) is 10.9. The van der Waals surface area contributed by atoms with E-state index in [0.29, 0.717) is 6.42 Å². The molecule has 1 saturated heterocycles. The van der Waals surface area contributed by atoms with Crippen LogP contribution in [0.15, 0.2) is 0 Å². The molecular formula is C22H38O4. The smallest absolute Gasteiger partial charge is 0.383 e. The van der Waals surface area contributed by atoms with Crippen LogP contribution in [0.25, 0.3) is 0 Å². The zero-order valence-electron chi connectivity index (χ0n) is 16.7. The fourth-order valence-electron chi connectivity index (χ4n) is 3.56. The minimum Gasteiger partial charge on any atom is -0.456 e. The monoisotopic (exact) mass is 366 g/mol. The lowest BCUT2D eigenvalue weighted by Crippen LogP contribution is -2.38. The number of cyclic esters (lactones) is 1. The molecule has 0 aromatic rings. The normalized spacial score (nSPS) is 17.6. The Morgan fingerprint density at radius 3 is 1.54 bits per heavy atom. The van der Waals surface area contributed by atoms with Crippen LogP contribution in [-0.4, -0.2) is 23.6 Å². The van der Waals surface area contributed by atoms with Crippen molar-refractivity contribution in [3.63, 3.8) is 0 Å². The second-order valence-corrected chi connectivity index (χ2v) is 7.72. The van der Waals surface area contributed by atoms with Crippen molar-refractivity contribution in [1.29, 1.82) is 0 Å². The molecule has 0 aromatic carbocycles. The first-order valence-corrected chi connectivity index (χ1v) is 10.9. The van der Waals surface area contributed by atoms with Gasteiger partial charge in [-0.1, -0.05) is 96.8 Å². The van der Waals surface area contributed by atoms with Gasteiger partial charge in [-0.05, 0) is 12.8 Å². The minimum absolute atomic E-state index is 0.0726. The van der Waals surface area contributed by atoms with E-state index in [9.17, 15) is 14.4 Å². The maximum absolute atomic E-state index is 11.3. The topological polar surface area (TPSA) is 60.4 Å². The lowest BCUT2D eigenvalue weighted by molar-refractivity contribution is -0.166. The fourth-order valence-corrected chi connectivity index (χ4v) is 3.56. The molecule has 1 aliphatic heterocycles. The highest BCUT2D eigenvalue weighted by Gasteiger charge is 2.34. The van der Waals surface area contributed by atoms with Gasteiger partial charge in [-0.25, -0.2) is 4.79 Å². The molecule has 1 rings (SSSR count). The highest BCUT2D eigenvalue weighted by atomic mass is 16.6. The minimum atomic E-state index is -0.988. The molecule has 0 aromatic heterocycles. The Balaban J connectivity index is 1.80. The van der Waals surface area contributed by atoms with Gasteiger partial charge in [0.05, 0.1) is 6.42 Å². The van der Waals surface area contributed by atoms with Gasteiger partial charge in [-0.15, -0.1) is 0 Å².